The van der Waals surface area contributed by atoms with Crippen LogP contribution in [0.2, 0.25) is 5.02 Å². The van der Waals surface area contributed by atoms with Gasteiger partial charge in [-0.15, -0.1) is 0 Å². The van der Waals surface area contributed by atoms with E-state index in [-0.39, 0.29) is 11.8 Å². The molecule has 0 fully saturated rings. The molecule has 2 amide bonds. The number of nitrogens with one attached hydrogen (secondary N) is 1. The third-order valence-electron chi connectivity index (χ3n) is 6.00. The van der Waals surface area contributed by atoms with Gasteiger partial charge in [0.25, 0.3) is 5.91 Å². The minimum absolute atomic E-state index is 0.106. The summed E-state index contributed by atoms with van der Waals surface area (Å²) in [7, 11) is 0. The van der Waals surface area contributed by atoms with E-state index in [0.717, 1.165) is 55.6 Å². The van der Waals surface area contributed by atoms with Gasteiger partial charge in [-0.25, -0.2) is 4.98 Å². The van der Waals surface area contributed by atoms with Gasteiger partial charge < -0.3 is 14.8 Å². The van der Waals surface area contributed by atoms with Crippen molar-refractivity contribution in [1.82, 2.24) is 19.8 Å². The van der Waals surface area contributed by atoms with Crippen LogP contribution in [0.1, 0.15) is 63.1 Å². The average molecular weight is 511 g/mol. The lowest BCUT2D eigenvalue weighted by Gasteiger charge is -2.27. The molecular formula is C29H39ClN4O2. The largest absolute Gasteiger partial charge is 0.352 e. The van der Waals surface area contributed by atoms with Crippen LogP contribution in [0.25, 0.3) is 11.0 Å². The first kappa shape index (κ1) is 27.7. The molecule has 1 heterocycles. The first-order chi connectivity index (χ1) is 17.2. The number of aryl methyl sites for hydroxylation is 1. The number of hydrogen-bond acceptors (Lipinski definition) is 3. The molecule has 1 aromatic heterocycles. The molecule has 0 saturated heterocycles. The second kappa shape index (κ2) is 13.4. The molecule has 0 bridgehead atoms. The molecule has 0 unspecified atom stereocenters. The maximum atomic E-state index is 13.3. The Labute approximate surface area is 220 Å². The number of carbonyl (C=O) groups is 2. The second-order valence-electron chi connectivity index (χ2n) is 10.3. The predicted octanol–water partition coefficient (Wildman–Crippen LogP) is 5.97. The van der Waals surface area contributed by atoms with Gasteiger partial charge >= 0.3 is 0 Å². The van der Waals surface area contributed by atoms with E-state index in [2.05, 4.69) is 37.6 Å². The zero-order valence-corrected chi connectivity index (χ0v) is 22.7. The number of unbranched alkanes of at least 4 members (excludes halogenated alkanes) is 2. The summed E-state index contributed by atoms with van der Waals surface area (Å²) in [6.07, 6.45) is 3.56. The highest BCUT2D eigenvalue weighted by Gasteiger charge is 2.20. The van der Waals surface area contributed by atoms with Crippen LogP contribution < -0.4 is 5.32 Å². The third kappa shape index (κ3) is 8.09. The van der Waals surface area contributed by atoms with E-state index >= 15 is 0 Å². The zero-order valence-electron chi connectivity index (χ0n) is 22.0. The summed E-state index contributed by atoms with van der Waals surface area (Å²) in [5.74, 6) is 1.83. The van der Waals surface area contributed by atoms with Crippen molar-refractivity contribution in [2.75, 3.05) is 19.6 Å². The molecule has 0 atom stereocenters. The summed E-state index contributed by atoms with van der Waals surface area (Å²) in [5.41, 5.74) is 2.50. The number of aromatic nitrogens is 2. The van der Waals surface area contributed by atoms with Crippen LogP contribution in [0.5, 0.6) is 0 Å². The van der Waals surface area contributed by atoms with Gasteiger partial charge in [-0.05, 0) is 55.0 Å². The summed E-state index contributed by atoms with van der Waals surface area (Å²) in [5, 5.41) is 3.51. The average Bonchev–Trinajstić information content (AvgIpc) is 3.17. The maximum absolute atomic E-state index is 13.3. The first-order valence-corrected chi connectivity index (χ1v) is 13.4. The Balaban J connectivity index is 1.58. The molecule has 194 valence electrons. The van der Waals surface area contributed by atoms with E-state index in [1.807, 2.05) is 29.2 Å². The van der Waals surface area contributed by atoms with E-state index in [0.29, 0.717) is 35.5 Å². The van der Waals surface area contributed by atoms with Crippen LogP contribution in [-0.2, 0) is 17.8 Å². The number of rotatable bonds is 13. The number of imidazole rings is 1. The zero-order chi connectivity index (χ0) is 26.1. The van der Waals surface area contributed by atoms with Crippen molar-refractivity contribution in [2.24, 2.45) is 11.8 Å². The van der Waals surface area contributed by atoms with Crippen LogP contribution in [-0.4, -0.2) is 45.9 Å². The highest BCUT2D eigenvalue weighted by molar-refractivity contribution is 6.30. The lowest BCUT2D eigenvalue weighted by atomic mass is 10.1. The van der Waals surface area contributed by atoms with Gasteiger partial charge in [0.1, 0.15) is 12.4 Å². The summed E-state index contributed by atoms with van der Waals surface area (Å²) in [6, 6.07) is 15.0. The number of hydrogen-bond donors (Lipinski definition) is 1. The van der Waals surface area contributed by atoms with Gasteiger partial charge in [0.15, 0.2) is 0 Å². The smallest absolute Gasteiger partial charge is 0.251 e. The molecule has 3 aromatic rings. The summed E-state index contributed by atoms with van der Waals surface area (Å²) < 4.78 is 2.09. The molecular weight excluding hydrogens is 472 g/mol. The van der Waals surface area contributed by atoms with Crippen molar-refractivity contribution in [3.05, 3.63) is 64.9 Å². The van der Waals surface area contributed by atoms with Gasteiger partial charge in [0.2, 0.25) is 5.91 Å². The monoisotopic (exact) mass is 510 g/mol. The number of carbonyl (C=O) groups excluding carboxylic acids is 2. The molecule has 36 heavy (non-hydrogen) atoms. The summed E-state index contributed by atoms with van der Waals surface area (Å²) in [4.78, 5) is 32.4. The number of benzene rings is 2. The Bertz CT molecular complexity index is 1150. The minimum Gasteiger partial charge on any atom is -0.352 e. The van der Waals surface area contributed by atoms with Gasteiger partial charge in [0.05, 0.1) is 11.0 Å². The quantitative estimate of drug-likeness (QED) is 0.288. The molecule has 3 rings (SSSR count). The van der Waals surface area contributed by atoms with E-state index in [9.17, 15) is 9.59 Å². The van der Waals surface area contributed by atoms with Crippen molar-refractivity contribution in [3.8, 4) is 0 Å². The van der Waals surface area contributed by atoms with Crippen LogP contribution in [0.3, 0.4) is 0 Å². The molecule has 0 aliphatic rings. The van der Waals surface area contributed by atoms with Crippen molar-refractivity contribution >= 4 is 34.4 Å². The Hall–Kier alpha value is -2.86. The van der Waals surface area contributed by atoms with Gasteiger partial charge in [-0.3, -0.25) is 9.59 Å². The Morgan fingerprint density at radius 2 is 1.69 bits per heavy atom. The number of amides is 2. The summed E-state index contributed by atoms with van der Waals surface area (Å²) in [6.45, 7) is 11.0. The highest BCUT2D eigenvalue weighted by atomic mass is 35.5. The van der Waals surface area contributed by atoms with E-state index in [4.69, 9.17) is 16.6 Å². The van der Waals surface area contributed by atoms with Crippen LogP contribution >= 0.6 is 11.6 Å². The Morgan fingerprint density at radius 3 is 2.39 bits per heavy atom. The fourth-order valence-electron chi connectivity index (χ4n) is 4.41. The topological polar surface area (TPSA) is 67.2 Å². The molecule has 0 spiro atoms. The van der Waals surface area contributed by atoms with Crippen LogP contribution in [0.4, 0.5) is 0 Å². The van der Waals surface area contributed by atoms with Crippen molar-refractivity contribution < 1.29 is 9.59 Å². The van der Waals surface area contributed by atoms with Crippen molar-refractivity contribution in [2.45, 2.75) is 59.9 Å². The lowest BCUT2D eigenvalue weighted by Crippen LogP contribution is -2.39. The molecule has 1 N–H and O–H groups in total. The standard InChI is InChI=1S/C29H39ClN4O2/c1-21(2)18-33(19-22(3)4)28(35)20-34-26-14-8-7-13-25(26)32-27(34)15-6-5-9-16-31-29(36)23-11-10-12-24(30)17-23/h7-8,10-14,17,21-22H,5-6,9,15-16,18-20H2,1-4H3,(H,31,36). The lowest BCUT2D eigenvalue weighted by molar-refractivity contribution is -0.132. The van der Waals surface area contributed by atoms with Gasteiger partial charge in [0, 0.05) is 36.6 Å². The molecule has 6 nitrogen and oxygen atoms in total. The minimum atomic E-state index is -0.106. The fourth-order valence-corrected chi connectivity index (χ4v) is 4.60. The van der Waals surface area contributed by atoms with E-state index in [1.54, 1.807) is 24.3 Å². The number of nitrogens with zero attached hydrogens (tertiary/aromatic N) is 3. The first-order valence-electron chi connectivity index (χ1n) is 13.0. The maximum Gasteiger partial charge on any atom is 0.251 e. The number of fused-ring (bicyclic) bond motifs is 1. The number of para-hydroxylation sites is 2. The van der Waals surface area contributed by atoms with Crippen LogP contribution in [0.15, 0.2) is 48.5 Å². The molecule has 0 radical (unpaired) electrons. The van der Waals surface area contributed by atoms with Crippen LogP contribution in [0, 0.1) is 11.8 Å². The van der Waals surface area contributed by atoms with E-state index in [1.165, 1.54) is 0 Å². The Kier molecular flexibility index (Phi) is 10.4. The SMILES string of the molecule is CC(C)CN(CC(C)C)C(=O)Cn1c(CCCCCNC(=O)c2cccc(Cl)c2)nc2ccccc21. The fraction of sp³-hybridized carbons (Fsp3) is 0.483. The normalized spacial score (nSPS) is 11.4. The molecule has 0 aliphatic carbocycles. The predicted molar refractivity (Wildman–Crippen MR) is 147 cm³/mol. The summed E-state index contributed by atoms with van der Waals surface area (Å²) >= 11 is 5.97. The molecule has 7 heteroatoms. The van der Waals surface area contributed by atoms with Crippen molar-refractivity contribution in [3.63, 3.8) is 0 Å². The molecule has 0 aliphatic heterocycles. The molecule has 2 aromatic carbocycles. The van der Waals surface area contributed by atoms with Gasteiger partial charge in [-0.1, -0.05) is 63.9 Å². The molecule has 0 saturated carbocycles. The highest BCUT2D eigenvalue weighted by Crippen LogP contribution is 2.19. The van der Waals surface area contributed by atoms with Gasteiger partial charge in [-0.2, -0.15) is 0 Å². The third-order valence-corrected chi connectivity index (χ3v) is 6.24. The van der Waals surface area contributed by atoms with Crippen molar-refractivity contribution in [1.29, 1.82) is 0 Å². The van der Waals surface area contributed by atoms with E-state index < -0.39 is 0 Å². The number of halogens is 1. The second-order valence-corrected chi connectivity index (χ2v) is 10.7. The Morgan fingerprint density at radius 1 is 0.972 bits per heavy atom.